The van der Waals surface area contributed by atoms with Crippen molar-refractivity contribution in [3.8, 4) is 0 Å². The molecule has 0 aromatic heterocycles. The van der Waals surface area contributed by atoms with E-state index in [1.165, 1.54) is 28.8 Å². The van der Waals surface area contributed by atoms with Crippen molar-refractivity contribution >= 4 is 0 Å². The monoisotopic (exact) mass is 243 g/mol. The highest BCUT2D eigenvalue weighted by Crippen LogP contribution is 2.18. The Labute approximate surface area is 107 Å². The van der Waals surface area contributed by atoms with E-state index in [2.05, 4.69) is 32.0 Å². The molecule has 0 radical (unpaired) electrons. The molecule has 94 valence electrons. The largest absolute Gasteiger partial charge is 0.324 e. The zero-order valence-electron chi connectivity index (χ0n) is 10.8. The van der Waals surface area contributed by atoms with Crippen LogP contribution in [0.25, 0.3) is 0 Å². The summed E-state index contributed by atoms with van der Waals surface area (Å²) in [6.45, 7) is 4.17. The molecule has 2 heteroatoms. The van der Waals surface area contributed by atoms with E-state index < -0.39 is 0 Å². The lowest BCUT2D eigenvalue weighted by Crippen LogP contribution is -2.13. The molecule has 0 spiro atoms. The quantitative estimate of drug-likeness (QED) is 0.874. The van der Waals surface area contributed by atoms with Crippen LogP contribution < -0.4 is 5.73 Å². The fourth-order valence-corrected chi connectivity index (χ4v) is 2.27. The average Bonchev–Trinajstić information content (AvgIpc) is 2.28. The van der Waals surface area contributed by atoms with Crippen molar-refractivity contribution in [1.82, 2.24) is 0 Å². The van der Waals surface area contributed by atoms with E-state index in [4.69, 9.17) is 5.73 Å². The van der Waals surface area contributed by atoms with Gasteiger partial charge < -0.3 is 5.73 Å². The van der Waals surface area contributed by atoms with Crippen molar-refractivity contribution in [3.63, 3.8) is 0 Å². The molecular formula is C16H18FN. The highest BCUT2D eigenvalue weighted by molar-refractivity contribution is 5.30. The molecule has 2 aromatic carbocycles. The second kappa shape index (κ2) is 5.32. The van der Waals surface area contributed by atoms with Crippen molar-refractivity contribution in [2.75, 3.05) is 0 Å². The van der Waals surface area contributed by atoms with Crippen molar-refractivity contribution in [3.05, 3.63) is 70.5 Å². The predicted molar refractivity (Wildman–Crippen MR) is 72.9 cm³/mol. The molecule has 0 saturated carbocycles. The van der Waals surface area contributed by atoms with Gasteiger partial charge in [-0.25, -0.2) is 4.39 Å². The molecular weight excluding hydrogens is 225 g/mol. The van der Waals surface area contributed by atoms with Gasteiger partial charge in [0.25, 0.3) is 0 Å². The first-order valence-electron chi connectivity index (χ1n) is 6.13. The molecule has 1 nitrogen and oxygen atoms in total. The van der Waals surface area contributed by atoms with Crippen LogP contribution in [0.5, 0.6) is 0 Å². The number of benzene rings is 2. The van der Waals surface area contributed by atoms with Gasteiger partial charge in [-0.3, -0.25) is 0 Å². The van der Waals surface area contributed by atoms with Crippen LogP contribution in [0.4, 0.5) is 4.39 Å². The van der Waals surface area contributed by atoms with Gasteiger partial charge in [0.2, 0.25) is 0 Å². The smallest absolute Gasteiger partial charge is 0.123 e. The minimum atomic E-state index is -0.225. The van der Waals surface area contributed by atoms with E-state index in [-0.39, 0.29) is 11.9 Å². The predicted octanol–water partition coefficient (Wildman–Crippen LogP) is 3.69. The number of hydrogen-bond acceptors (Lipinski definition) is 1. The van der Waals surface area contributed by atoms with Crippen molar-refractivity contribution in [1.29, 1.82) is 0 Å². The summed E-state index contributed by atoms with van der Waals surface area (Å²) < 4.78 is 12.8. The summed E-state index contributed by atoms with van der Waals surface area (Å²) >= 11 is 0. The zero-order chi connectivity index (χ0) is 13.1. The van der Waals surface area contributed by atoms with E-state index in [1.807, 2.05) is 0 Å². The van der Waals surface area contributed by atoms with E-state index in [1.54, 1.807) is 12.1 Å². The van der Waals surface area contributed by atoms with Crippen LogP contribution in [0.1, 0.15) is 28.3 Å². The Kier molecular flexibility index (Phi) is 3.78. The molecule has 2 rings (SSSR count). The Morgan fingerprint density at radius 1 is 1.00 bits per heavy atom. The molecule has 0 fully saturated rings. The van der Waals surface area contributed by atoms with E-state index in [0.717, 1.165) is 12.0 Å². The van der Waals surface area contributed by atoms with Gasteiger partial charge in [-0.15, -0.1) is 0 Å². The summed E-state index contributed by atoms with van der Waals surface area (Å²) in [6, 6.07) is 12.8. The number of hydrogen-bond donors (Lipinski definition) is 1. The first-order valence-corrected chi connectivity index (χ1v) is 6.13. The summed E-state index contributed by atoms with van der Waals surface area (Å²) in [5.74, 6) is -0.225. The summed E-state index contributed by atoms with van der Waals surface area (Å²) in [5, 5.41) is 0. The first-order chi connectivity index (χ1) is 8.54. The summed E-state index contributed by atoms with van der Waals surface area (Å²) in [4.78, 5) is 0. The second-order valence-electron chi connectivity index (χ2n) is 4.86. The third-order valence-electron chi connectivity index (χ3n) is 3.04. The number of aryl methyl sites for hydroxylation is 2. The number of rotatable bonds is 3. The van der Waals surface area contributed by atoms with Crippen molar-refractivity contribution in [2.45, 2.75) is 26.3 Å². The first kappa shape index (κ1) is 12.8. The molecule has 0 aliphatic rings. The molecule has 2 aromatic rings. The fourth-order valence-electron chi connectivity index (χ4n) is 2.27. The number of halogens is 1. The summed E-state index contributed by atoms with van der Waals surface area (Å²) in [6.07, 6.45) is 0.772. The van der Waals surface area contributed by atoms with Gasteiger partial charge in [0.05, 0.1) is 0 Å². The van der Waals surface area contributed by atoms with Gasteiger partial charge in [0.1, 0.15) is 5.82 Å². The van der Waals surface area contributed by atoms with Crippen LogP contribution in [-0.4, -0.2) is 0 Å². The molecule has 0 saturated heterocycles. The van der Waals surface area contributed by atoms with Gasteiger partial charge in [0, 0.05) is 6.04 Å². The van der Waals surface area contributed by atoms with E-state index in [9.17, 15) is 4.39 Å². The van der Waals surface area contributed by atoms with Gasteiger partial charge in [-0.05, 0) is 43.5 Å². The summed E-state index contributed by atoms with van der Waals surface area (Å²) in [5.41, 5.74) is 10.8. The molecule has 0 amide bonds. The van der Waals surface area contributed by atoms with Crippen LogP contribution >= 0.6 is 0 Å². The van der Waals surface area contributed by atoms with Crippen LogP contribution in [0.3, 0.4) is 0 Å². The second-order valence-corrected chi connectivity index (χ2v) is 4.86. The van der Waals surface area contributed by atoms with Crippen molar-refractivity contribution < 1.29 is 4.39 Å². The normalized spacial score (nSPS) is 12.4. The Bertz CT molecular complexity index is 511. The Morgan fingerprint density at radius 2 is 1.56 bits per heavy atom. The van der Waals surface area contributed by atoms with Crippen LogP contribution in [0.2, 0.25) is 0 Å². The van der Waals surface area contributed by atoms with Crippen LogP contribution in [0.15, 0.2) is 42.5 Å². The maximum atomic E-state index is 12.8. The molecule has 1 unspecified atom stereocenters. The van der Waals surface area contributed by atoms with Crippen LogP contribution in [0, 0.1) is 19.7 Å². The lowest BCUT2D eigenvalue weighted by atomic mass is 9.97. The summed E-state index contributed by atoms with van der Waals surface area (Å²) in [7, 11) is 0. The molecule has 1 atom stereocenters. The standard InChI is InChI=1S/C16H18FN/c1-11-7-12(2)9-13(8-11)10-16(18)14-3-5-15(17)6-4-14/h3-9,16H,10,18H2,1-2H3. The molecule has 2 N–H and O–H groups in total. The maximum absolute atomic E-state index is 12.8. The Hall–Kier alpha value is -1.67. The van der Waals surface area contributed by atoms with Crippen molar-refractivity contribution in [2.24, 2.45) is 5.73 Å². The molecule has 0 aliphatic carbocycles. The molecule has 0 aliphatic heterocycles. The van der Waals surface area contributed by atoms with Gasteiger partial charge in [-0.2, -0.15) is 0 Å². The van der Waals surface area contributed by atoms with E-state index >= 15 is 0 Å². The molecule has 0 bridgehead atoms. The van der Waals surface area contributed by atoms with Gasteiger partial charge in [-0.1, -0.05) is 41.5 Å². The minimum Gasteiger partial charge on any atom is -0.324 e. The average molecular weight is 243 g/mol. The third kappa shape index (κ3) is 3.17. The highest BCUT2D eigenvalue weighted by atomic mass is 19.1. The number of nitrogens with two attached hydrogens (primary N) is 1. The van der Waals surface area contributed by atoms with Gasteiger partial charge in [0.15, 0.2) is 0 Å². The highest BCUT2D eigenvalue weighted by Gasteiger charge is 2.07. The van der Waals surface area contributed by atoms with E-state index in [0.29, 0.717) is 0 Å². The molecule has 0 heterocycles. The maximum Gasteiger partial charge on any atom is 0.123 e. The molecule has 18 heavy (non-hydrogen) atoms. The lowest BCUT2D eigenvalue weighted by molar-refractivity contribution is 0.624. The SMILES string of the molecule is Cc1cc(C)cc(CC(N)c2ccc(F)cc2)c1. The Morgan fingerprint density at radius 3 is 2.11 bits per heavy atom. The zero-order valence-corrected chi connectivity index (χ0v) is 10.8. The third-order valence-corrected chi connectivity index (χ3v) is 3.04. The Balaban J connectivity index is 2.15. The van der Waals surface area contributed by atoms with Gasteiger partial charge >= 0.3 is 0 Å². The topological polar surface area (TPSA) is 26.0 Å². The minimum absolute atomic E-state index is 0.0909. The lowest BCUT2D eigenvalue weighted by Gasteiger charge is -2.13. The fraction of sp³-hybridized carbons (Fsp3) is 0.250. The van der Waals surface area contributed by atoms with Crippen LogP contribution in [-0.2, 0) is 6.42 Å².